The maximum atomic E-state index is 13.5. The molecule has 152 valence electrons. The number of rotatable bonds is 5. The molecular formula is C26H24FNO2. The minimum absolute atomic E-state index is 0.0827. The van der Waals surface area contributed by atoms with Gasteiger partial charge in [-0.25, -0.2) is 9.18 Å². The van der Waals surface area contributed by atoms with Gasteiger partial charge in [0.25, 0.3) is 0 Å². The molecule has 0 aliphatic heterocycles. The molecule has 0 saturated heterocycles. The molecule has 3 aromatic carbocycles. The minimum atomic E-state index is -0.349. The van der Waals surface area contributed by atoms with E-state index in [1.165, 1.54) is 12.1 Å². The van der Waals surface area contributed by atoms with Crippen LogP contribution < -0.4 is 5.63 Å². The van der Waals surface area contributed by atoms with Crippen molar-refractivity contribution in [2.75, 3.05) is 7.05 Å². The molecule has 0 spiro atoms. The van der Waals surface area contributed by atoms with Crippen molar-refractivity contribution in [3.05, 3.63) is 117 Å². The zero-order chi connectivity index (χ0) is 21.3. The molecule has 0 fully saturated rings. The Morgan fingerprint density at radius 2 is 1.60 bits per heavy atom. The lowest BCUT2D eigenvalue weighted by atomic mass is 9.96. The van der Waals surface area contributed by atoms with Crippen LogP contribution in [0.4, 0.5) is 4.39 Å². The topological polar surface area (TPSA) is 33.5 Å². The third-order valence-corrected chi connectivity index (χ3v) is 5.68. The van der Waals surface area contributed by atoms with Gasteiger partial charge in [-0.2, -0.15) is 0 Å². The van der Waals surface area contributed by atoms with Gasteiger partial charge in [-0.05, 0) is 60.8 Å². The summed E-state index contributed by atoms with van der Waals surface area (Å²) in [5, 5.41) is 0.940. The highest BCUT2D eigenvalue weighted by atomic mass is 19.1. The summed E-state index contributed by atoms with van der Waals surface area (Å²) in [4.78, 5) is 14.4. The predicted molar refractivity (Wildman–Crippen MR) is 118 cm³/mol. The van der Waals surface area contributed by atoms with Gasteiger partial charge in [-0.1, -0.05) is 54.6 Å². The third-order valence-electron chi connectivity index (χ3n) is 5.68. The van der Waals surface area contributed by atoms with E-state index >= 15 is 0 Å². The molecule has 1 heterocycles. The van der Waals surface area contributed by atoms with Crippen molar-refractivity contribution in [3.63, 3.8) is 0 Å². The standard InChI is InChI=1S/C26H24FNO2/c1-17-9-14-23-21(15-24(29)30-26(23)18(17)2)16-28(3)25(19-7-5-4-6-8-19)20-10-12-22(27)13-11-20/h4-15,25H,16H2,1-3H3. The van der Waals surface area contributed by atoms with E-state index in [2.05, 4.69) is 23.1 Å². The molecule has 0 aliphatic carbocycles. The fraction of sp³-hybridized carbons (Fsp3) is 0.192. The summed E-state index contributed by atoms with van der Waals surface area (Å²) in [6, 6.07) is 22.3. The van der Waals surface area contributed by atoms with Gasteiger partial charge < -0.3 is 4.42 Å². The van der Waals surface area contributed by atoms with Crippen LogP contribution in [0.2, 0.25) is 0 Å². The molecule has 1 atom stereocenters. The number of halogens is 1. The fourth-order valence-corrected chi connectivity index (χ4v) is 4.00. The van der Waals surface area contributed by atoms with E-state index in [4.69, 9.17) is 4.42 Å². The second-order valence-electron chi connectivity index (χ2n) is 7.75. The van der Waals surface area contributed by atoms with Crippen molar-refractivity contribution < 1.29 is 8.81 Å². The second-order valence-corrected chi connectivity index (χ2v) is 7.75. The first-order valence-corrected chi connectivity index (χ1v) is 9.97. The Labute approximate surface area is 175 Å². The van der Waals surface area contributed by atoms with Gasteiger partial charge >= 0.3 is 5.63 Å². The monoisotopic (exact) mass is 401 g/mol. The third kappa shape index (κ3) is 3.91. The Morgan fingerprint density at radius 1 is 0.933 bits per heavy atom. The number of benzene rings is 3. The normalized spacial score (nSPS) is 12.4. The highest BCUT2D eigenvalue weighted by molar-refractivity contribution is 5.83. The Kier molecular flexibility index (Phi) is 5.51. The molecule has 4 rings (SSSR count). The summed E-state index contributed by atoms with van der Waals surface area (Å²) in [5.74, 6) is -0.259. The lowest BCUT2D eigenvalue weighted by Crippen LogP contribution is -2.26. The van der Waals surface area contributed by atoms with Crippen LogP contribution in [0.3, 0.4) is 0 Å². The van der Waals surface area contributed by atoms with Gasteiger partial charge in [-0.3, -0.25) is 4.90 Å². The number of fused-ring (bicyclic) bond motifs is 1. The van der Waals surface area contributed by atoms with E-state index in [-0.39, 0.29) is 17.5 Å². The van der Waals surface area contributed by atoms with Crippen LogP contribution in [0.1, 0.15) is 33.9 Å². The molecule has 0 radical (unpaired) electrons. The van der Waals surface area contributed by atoms with Crippen LogP contribution >= 0.6 is 0 Å². The summed E-state index contributed by atoms with van der Waals surface area (Å²) in [7, 11) is 2.02. The van der Waals surface area contributed by atoms with Crippen molar-refractivity contribution in [2.24, 2.45) is 0 Å². The molecule has 30 heavy (non-hydrogen) atoms. The molecule has 0 aliphatic rings. The van der Waals surface area contributed by atoms with Gasteiger partial charge in [0.2, 0.25) is 0 Å². The molecule has 1 unspecified atom stereocenters. The predicted octanol–water partition coefficient (Wildman–Crippen LogP) is 5.77. The smallest absolute Gasteiger partial charge is 0.336 e. The quantitative estimate of drug-likeness (QED) is 0.398. The molecule has 3 nitrogen and oxygen atoms in total. The molecular weight excluding hydrogens is 377 g/mol. The lowest BCUT2D eigenvalue weighted by molar-refractivity contribution is 0.271. The second kappa shape index (κ2) is 8.25. The van der Waals surface area contributed by atoms with Crippen molar-refractivity contribution in [3.8, 4) is 0 Å². The number of hydrogen-bond acceptors (Lipinski definition) is 3. The zero-order valence-electron chi connectivity index (χ0n) is 17.4. The van der Waals surface area contributed by atoms with E-state index in [1.807, 2.05) is 57.3 Å². The van der Waals surface area contributed by atoms with Crippen molar-refractivity contribution in [2.45, 2.75) is 26.4 Å². The van der Waals surface area contributed by atoms with E-state index in [0.29, 0.717) is 12.1 Å². The molecule has 0 amide bonds. The van der Waals surface area contributed by atoms with Gasteiger partial charge in [0, 0.05) is 18.0 Å². The Hall–Kier alpha value is -3.24. The molecule has 4 aromatic rings. The van der Waals surface area contributed by atoms with Crippen LogP contribution in [0, 0.1) is 19.7 Å². The van der Waals surface area contributed by atoms with E-state index in [9.17, 15) is 9.18 Å². The van der Waals surface area contributed by atoms with Crippen LogP contribution in [-0.4, -0.2) is 11.9 Å². The largest absolute Gasteiger partial charge is 0.422 e. The maximum Gasteiger partial charge on any atom is 0.336 e. The molecule has 0 N–H and O–H groups in total. The first-order valence-electron chi connectivity index (χ1n) is 9.97. The molecule has 0 saturated carbocycles. The average Bonchev–Trinajstić information content (AvgIpc) is 2.73. The maximum absolute atomic E-state index is 13.5. The highest BCUT2D eigenvalue weighted by Crippen LogP contribution is 2.31. The Bertz CT molecular complexity index is 1230. The number of nitrogens with zero attached hydrogens (tertiary/aromatic N) is 1. The van der Waals surface area contributed by atoms with Gasteiger partial charge in [-0.15, -0.1) is 0 Å². The van der Waals surface area contributed by atoms with Crippen molar-refractivity contribution in [1.29, 1.82) is 0 Å². The lowest BCUT2D eigenvalue weighted by Gasteiger charge is -2.29. The Morgan fingerprint density at radius 3 is 2.30 bits per heavy atom. The van der Waals surface area contributed by atoms with Crippen molar-refractivity contribution >= 4 is 11.0 Å². The number of hydrogen-bond donors (Lipinski definition) is 0. The SMILES string of the molecule is Cc1ccc2c(CN(C)C(c3ccccc3)c3ccc(F)cc3)cc(=O)oc2c1C. The summed E-state index contributed by atoms with van der Waals surface area (Å²) < 4.78 is 19.1. The van der Waals surface area contributed by atoms with Crippen LogP contribution in [0.15, 0.2) is 82.0 Å². The molecule has 0 bridgehead atoms. The zero-order valence-corrected chi connectivity index (χ0v) is 17.4. The molecule has 4 heteroatoms. The van der Waals surface area contributed by atoms with Gasteiger partial charge in [0.05, 0.1) is 6.04 Å². The minimum Gasteiger partial charge on any atom is -0.422 e. The van der Waals surface area contributed by atoms with E-state index in [0.717, 1.165) is 33.2 Å². The summed E-state index contributed by atoms with van der Waals surface area (Å²) in [5.41, 5.74) is 5.36. The van der Waals surface area contributed by atoms with Gasteiger partial charge in [0.1, 0.15) is 11.4 Å². The highest BCUT2D eigenvalue weighted by Gasteiger charge is 2.21. The summed E-state index contributed by atoms with van der Waals surface area (Å²) in [6.45, 7) is 4.52. The number of aryl methyl sites for hydroxylation is 2. The van der Waals surface area contributed by atoms with Crippen LogP contribution in [-0.2, 0) is 6.54 Å². The average molecular weight is 401 g/mol. The van der Waals surface area contributed by atoms with E-state index in [1.54, 1.807) is 6.07 Å². The van der Waals surface area contributed by atoms with Crippen molar-refractivity contribution in [1.82, 2.24) is 4.90 Å². The first-order chi connectivity index (χ1) is 14.4. The molecule has 1 aromatic heterocycles. The van der Waals surface area contributed by atoms with Crippen LogP contribution in [0.5, 0.6) is 0 Å². The Balaban J connectivity index is 1.78. The van der Waals surface area contributed by atoms with E-state index < -0.39 is 0 Å². The van der Waals surface area contributed by atoms with Crippen LogP contribution in [0.25, 0.3) is 11.0 Å². The summed E-state index contributed by atoms with van der Waals surface area (Å²) in [6.07, 6.45) is 0. The summed E-state index contributed by atoms with van der Waals surface area (Å²) >= 11 is 0. The fourth-order valence-electron chi connectivity index (χ4n) is 4.00. The van der Waals surface area contributed by atoms with Gasteiger partial charge in [0.15, 0.2) is 0 Å². The first kappa shape index (κ1) is 20.0.